The van der Waals surface area contributed by atoms with Crippen LogP contribution < -0.4 is 20.3 Å². The van der Waals surface area contributed by atoms with Gasteiger partial charge in [-0.15, -0.1) is 11.3 Å². The second-order valence-corrected chi connectivity index (χ2v) is 8.34. The molecule has 0 aliphatic heterocycles. The number of esters is 1. The maximum absolute atomic E-state index is 13.5. The van der Waals surface area contributed by atoms with Crippen LogP contribution in [0.15, 0.2) is 58.7 Å². The summed E-state index contributed by atoms with van der Waals surface area (Å²) in [5.74, 6) is -0.115. The second-order valence-electron chi connectivity index (χ2n) is 7.46. The molecule has 1 amide bonds. The lowest BCUT2D eigenvalue weighted by Gasteiger charge is -2.12. The summed E-state index contributed by atoms with van der Waals surface area (Å²) in [5.41, 5.74) is 0.326. The molecular weight excluding hydrogens is 482 g/mol. The van der Waals surface area contributed by atoms with E-state index in [9.17, 15) is 14.4 Å². The number of rotatable bonds is 9. The quantitative estimate of drug-likeness (QED) is 0.328. The maximum Gasteiger partial charge on any atom is 0.359 e. The first kappa shape index (κ1) is 24.9. The van der Waals surface area contributed by atoms with E-state index in [1.807, 2.05) is 19.9 Å². The summed E-state index contributed by atoms with van der Waals surface area (Å²) in [6, 6.07) is 13.6. The van der Waals surface area contributed by atoms with E-state index < -0.39 is 17.4 Å². The molecule has 186 valence electrons. The molecule has 0 saturated carbocycles. The Hall–Kier alpha value is -4.18. The minimum Gasteiger partial charge on any atom is -0.490 e. The standard InChI is InChI=1S/C26H25N3O6S/c1-4-33-19-13-12-16(14-20(19)34-5-2)23(30)27-24-21-18(15-36-24)22(26(32)35-6-3)28-29(25(21)31)17-10-8-7-9-11-17/h7-15H,4-6H2,1-3H3,(H,27,30). The van der Waals surface area contributed by atoms with Crippen LogP contribution in [0.3, 0.4) is 0 Å². The van der Waals surface area contributed by atoms with Crippen LogP contribution >= 0.6 is 11.3 Å². The molecule has 0 aliphatic carbocycles. The molecule has 9 nitrogen and oxygen atoms in total. The molecule has 0 bridgehead atoms. The first-order chi connectivity index (χ1) is 17.5. The smallest absolute Gasteiger partial charge is 0.359 e. The molecule has 4 rings (SSSR count). The first-order valence-corrected chi connectivity index (χ1v) is 12.3. The van der Waals surface area contributed by atoms with E-state index >= 15 is 0 Å². The van der Waals surface area contributed by atoms with Gasteiger partial charge in [0.05, 0.1) is 30.9 Å². The normalized spacial score (nSPS) is 10.8. The van der Waals surface area contributed by atoms with Crippen LogP contribution in [0, 0.1) is 0 Å². The molecule has 36 heavy (non-hydrogen) atoms. The van der Waals surface area contributed by atoms with Crippen molar-refractivity contribution in [2.24, 2.45) is 0 Å². The zero-order valence-corrected chi connectivity index (χ0v) is 20.9. The number of ether oxygens (including phenoxy) is 3. The Morgan fingerprint density at radius 3 is 2.39 bits per heavy atom. The topological polar surface area (TPSA) is 109 Å². The van der Waals surface area contributed by atoms with Crippen molar-refractivity contribution in [1.29, 1.82) is 0 Å². The fraction of sp³-hybridized carbons (Fsp3) is 0.231. The van der Waals surface area contributed by atoms with Crippen molar-refractivity contribution >= 4 is 39.0 Å². The molecule has 2 aromatic carbocycles. The Labute approximate surface area is 211 Å². The van der Waals surface area contributed by atoms with E-state index in [0.717, 1.165) is 16.0 Å². The number of aromatic nitrogens is 2. The molecule has 10 heteroatoms. The third-order valence-electron chi connectivity index (χ3n) is 5.15. The zero-order chi connectivity index (χ0) is 25.7. The third kappa shape index (κ3) is 4.94. The molecule has 0 spiro atoms. The van der Waals surface area contributed by atoms with Gasteiger partial charge < -0.3 is 19.5 Å². The van der Waals surface area contributed by atoms with Gasteiger partial charge in [0.25, 0.3) is 11.5 Å². The second kappa shape index (κ2) is 11.0. The Morgan fingerprint density at radius 1 is 0.972 bits per heavy atom. The predicted octanol–water partition coefficient (Wildman–Crippen LogP) is 4.67. The Kier molecular flexibility index (Phi) is 7.65. The van der Waals surface area contributed by atoms with E-state index in [4.69, 9.17) is 14.2 Å². The molecule has 1 N–H and O–H groups in total. The number of hydrogen-bond acceptors (Lipinski definition) is 8. The Bertz CT molecular complexity index is 1460. The van der Waals surface area contributed by atoms with Gasteiger partial charge in [0.15, 0.2) is 17.2 Å². The highest BCUT2D eigenvalue weighted by molar-refractivity contribution is 7.16. The van der Waals surface area contributed by atoms with E-state index in [1.54, 1.807) is 54.8 Å². The van der Waals surface area contributed by atoms with Gasteiger partial charge in [-0.25, -0.2) is 4.79 Å². The molecule has 2 aromatic heterocycles. The van der Waals surface area contributed by atoms with Gasteiger partial charge in [0, 0.05) is 16.3 Å². The minimum absolute atomic E-state index is 0.00764. The van der Waals surface area contributed by atoms with Gasteiger partial charge in [-0.1, -0.05) is 18.2 Å². The van der Waals surface area contributed by atoms with Gasteiger partial charge in [0.1, 0.15) is 5.00 Å². The summed E-state index contributed by atoms with van der Waals surface area (Å²) in [7, 11) is 0. The number of nitrogens with zero attached hydrogens (tertiary/aromatic N) is 2. The number of carbonyl (C=O) groups is 2. The molecule has 4 aromatic rings. The largest absolute Gasteiger partial charge is 0.490 e. The Morgan fingerprint density at radius 2 is 1.69 bits per heavy atom. The predicted molar refractivity (Wildman–Crippen MR) is 138 cm³/mol. The van der Waals surface area contributed by atoms with Crippen LogP contribution in [-0.4, -0.2) is 41.5 Å². The summed E-state index contributed by atoms with van der Waals surface area (Å²) < 4.78 is 17.5. The van der Waals surface area contributed by atoms with E-state index in [0.29, 0.717) is 46.4 Å². The number of carbonyl (C=O) groups excluding carboxylic acids is 2. The third-order valence-corrected chi connectivity index (χ3v) is 6.05. The number of anilines is 1. The van der Waals surface area contributed by atoms with Crippen LogP contribution in [0.4, 0.5) is 5.00 Å². The van der Waals surface area contributed by atoms with Crippen LogP contribution in [-0.2, 0) is 4.74 Å². The van der Waals surface area contributed by atoms with E-state index in [2.05, 4.69) is 10.4 Å². The minimum atomic E-state index is -0.657. The lowest BCUT2D eigenvalue weighted by atomic mass is 10.1. The van der Waals surface area contributed by atoms with Gasteiger partial charge in [-0.3, -0.25) is 9.59 Å². The van der Waals surface area contributed by atoms with Crippen molar-refractivity contribution in [2.45, 2.75) is 20.8 Å². The van der Waals surface area contributed by atoms with Gasteiger partial charge >= 0.3 is 5.97 Å². The lowest BCUT2D eigenvalue weighted by Crippen LogP contribution is -2.25. The van der Waals surface area contributed by atoms with E-state index in [1.165, 1.54) is 0 Å². The van der Waals surface area contributed by atoms with Gasteiger partial charge in [-0.2, -0.15) is 9.78 Å². The average molecular weight is 508 g/mol. The molecule has 2 heterocycles. The number of hydrogen-bond donors (Lipinski definition) is 1. The zero-order valence-electron chi connectivity index (χ0n) is 20.1. The van der Waals surface area contributed by atoms with Crippen LogP contribution in [0.2, 0.25) is 0 Å². The van der Waals surface area contributed by atoms with Crippen molar-refractivity contribution in [2.75, 3.05) is 25.1 Å². The van der Waals surface area contributed by atoms with Gasteiger partial charge in [-0.05, 0) is 51.1 Å². The van der Waals surface area contributed by atoms with Crippen LogP contribution in [0.25, 0.3) is 16.5 Å². The maximum atomic E-state index is 13.5. The van der Waals surface area contributed by atoms with Crippen molar-refractivity contribution in [3.63, 3.8) is 0 Å². The summed E-state index contributed by atoms with van der Waals surface area (Å²) >= 11 is 1.13. The number of para-hydroxylation sites is 1. The molecule has 0 radical (unpaired) electrons. The van der Waals surface area contributed by atoms with Gasteiger partial charge in [0.2, 0.25) is 0 Å². The van der Waals surface area contributed by atoms with Crippen LogP contribution in [0.5, 0.6) is 11.5 Å². The molecule has 0 aliphatic rings. The Balaban J connectivity index is 1.79. The van der Waals surface area contributed by atoms with Crippen molar-refractivity contribution in [3.8, 4) is 17.2 Å². The number of nitrogens with one attached hydrogen (secondary N) is 1. The number of amides is 1. The molecule has 0 saturated heterocycles. The van der Waals surface area contributed by atoms with Crippen LogP contribution in [0.1, 0.15) is 41.6 Å². The molecule has 0 unspecified atom stereocenters. The average Bonchev–Trinajstić information content (AvgIpc) is 3.30. The monoisotopic (exact) mass is 507 g/mol. The number of fused-ring (bicyclic) bond motifs is 1. The number of benzene rings is 2. The molecular formula is C26H25N3O6S. The SMILES string of the molecule is CCOC(=O)c1nn(-c2ccccc2)c(=O)c2c(NC(=O)c3ccc(OCC)c(OCC)c3)scc12. The van der Waals surface area contributed by atoms with Crippen molar-refractivity contribution < 1.29 is 23.8 Å². The van der Waals surface area contributed by atoms with Crippen molar-refractivity contribution in [1.82, 2.24) is 9.78 Å². The molecule has 0 atom stereocenters. The molecule has 0 fully saturated rings. The number of thiophene rings is 1. The summed E-state index contributed by atoms with van der Waals surface area (Å²) in [4.78, 5) is 39.3. The highest BCUT2D eigenvalue weighted by Gasteiger charge is 2.23. The summed E-state index contributed by atoms with van der Waals surface area (Å²) in [5, 5.41) is 9.50. The van der Waals surface area contributed by atoms with Crippen molar-refractivity contribution in [3.05, 3.63) is 75.5 Å². The lowest BCUT2D eigenvalue weighted by molar-refractivity contribution is 0.0520. The fourth-order valence-corrected chi connectivity index (χ4v) is 4.54. The summed E-state index contributed by atoms with van der Waals surface area (Å²) in [6.45, 7) is 6.41. The first-order valence-electron chi connectivity index (χ1n) is 11.5. The fourth-order valence-electron chi connectivity index (χ4n) is 3.60. The highest BCUT2D eigenvalue weighted by Crippen LogP contribution is 2.32. The summed E-state index contributed by atoms with van der Waals surface area (Å²) in [6.07, 6.45) is 0. The highest BCUT2D eigenvalue weighted by atomic mass is 32.1. The van der Waals surface area contributed by atoms with E-state index in [-0.39, 0.29) is 17.7 Å².